The molecule has 17 heavy (non-hydrogen) atoms. The lowest BCUT2D eigenvalue weighted by Gasteiger charge is -2.21. The molecule has 1 unspecified atom stereocenters. The third-order valence-corrected chi connectivity index (χ3v) is 3.62. The first kappa shape index (κ1) is 12.6. The van der Waals surface area contributed by atoms with Gasteiger partial charge >= 0.3 is 0 Å². The molecule has 0 saturated heterocycles. The van der Waals surface area contributed by atoms with E-state index in [1.807, 2.05) is 0 Å². The van der Waals surface area contributed by atoms with Crippen molar-refractivity contribution in [2.45, 2.75) is 38.8 Å². The molecule has 1 aliphatic carbocycles. The monoisotopic (exact) mass is 232 g/mol. The van der Waals surface area contributed by atoms with Crippen molar-refractivity contribution in [2.24, 2.45) is 0 Å². The molecule has 1 atom stereocenters. The van der Waals surface area contributed by atoms with Crippen LogP contribution in [-0.4, -0.2) is 30.6 Å². The second-order valence-corrected chi connectivity index (χ2v) is 4.95. The number of nitrogens with one attached hydrogen (secondary N) is 1. The summed E-state index contributed by atoms with van der Waals surface area (Å²) in [6, 6.07) is 12.0. The van der Waals surface area contributed by atoms with Crippen LogP contribution >= 0.6 is 0 Å². The lowest BCUT2D eigenvalue weighted by atomic mass is 10.1. The van der Waals surface area contributed by atoms with Gasteiger partial charge in [-0.05, 0) is 31.9 Å². The minimum absolute atomic E-state index is 0.453. The minimum atomic E-state index is 0.453. The van der Waals surface area contributed by atoms with Crippen LogP contribution in [0.4, 0.5) is 0 Å². The van der Waals surface area contributed by atoms with Crippen LogP contribution in [0.3, 0.4) is 0 Å². The van der Waals surface area contributed by atoms with Gasteiger partial charge in [-0.15, -0.1) is 0 Å². The van der Waals surface area contributed by atoms with E-state index in [0.717, 1.165) is 12.6 Å². The molecule has 1 aromatic rings. The van der Waals surface area contributed by atoms with E-state index in [4.69, 9.17) is 0 Å². The SMILES string of the molecule is CCN(CCNC(C)c1ccccc1)C1CC1. The second-order valence-electron chi connectivity index (χ2n) is 4.95. The highest BCUT2D eigenvalue weighted by atomic mass is 15.2. The first-order valence-electron chi connectivity index (χ1n) is 6.83. The highest BCUT2D eigenvalue weighted by Crippen LogP contribution is 2.25. The molecule has 0 bridgehead atoms. The summed E-state index contributed by atoms with van der Waals surface area (Å²) in [6.45, 7) is 7.95. The van der Waals surface area contributed by atoms with Crippen LogP contribution in [0.5, 0.6) is 0 Å². The quantitative estimate of drug-likeness (QED) is 0.777. The van der Waals surface area contributed by atoms with Crippen LogP contribution in [-0.2, 0) is 0 Å². The molecule has 94 valence electrons. The Morgan fingerprint density at radius 1 is 1.29 bits per heavy atom. The zero-order valence-electron chi connectivity index (χ0n) is 11.0. The molecule has 1 aromatic carbocycles. The summed E-state index contributed by atoms with van der Waals surface area (Å²) in [5, 5.41) is 3.60. The van der Waals surface area contributed by atoms with Gasteiger partial charge in [0, 0.05) is 25.2 Å². The fourth-order valence-electron chi connectivity index (χ4n) is 2.32. The third kappa shape index (κ3) is 3.83. The molecular weight excluding hydrogens is 208 g/mol. The van der Waals surface area contributed by atoms with Crippen LogP contribution in [0.1, 0.15) is 38.3 Å². The Bertz CT molecular complexity index is 319. The molecule has 1 aliphatic rings. The molecule has 0 heterocycles. The maximum atomic E-state index is 3.60. The number of benzene rings is 1. The molecule has 0 aliphatic heterocycles. The largest absolute Gasteiger partial charge is 0.309 e. The summed E-state index contributed by atoms with van der Waals surface area (Å²) in [6.07, 6.45) is 2.81. The lowest BCUT2D eigenvalue weighted by molar-refractivity contribution is 0.273. The predicted octanol–water partition coefficient (Wildman–Crippen LogP) is 2.82. The van der Waals surface area contributed by atoms with Crippen LogP contribution < -0.4 is 5.32 Å². The average molecular weight is 232 g/mol. The van der Waals surface area contributed by atoms with E-state index in [2.05, 4.69) is 54.4 Å². The highest BCUT2D eigenvalue weighted by Gasteiger charge is 2.27. The van der Waals surface area contributed by atoms with Gasteiger partial charge in [0.05, 0.1) is 0 Å². The average Bonchev–Trinajstić information content (AvgIpc) is 3.20. The van der Waals surface area contributed by atoms with Crippen LogP contribution in [0.2, 0.25) is 0 Å². The van der Waals surface area contributed by atoms with Gasteiger partial charge in [-0.1, -0.05) is 37.3 Å². The van der Waals surface area contributed by atoms with Crippen molar-refractivity contribution < 1.29 is 0 Å². The first-order valence-corrected chi connectivity index (χ1v) is 6.83. The molecule has 0 aromatic heterocycles. The third-order valence-electron chi connectivity index (χ3n) is 3.62. The van der Waals surface area contributed by atoms with Crippen molar-refractivity contribution in [3.05, 3.63) is 35.9 Å². The normalized spacial score (nSPS) is 17.4. The summed E-state index contributed by atoms with van der Waals surface area (Å²) in [5.41, 5.74) is 1.38. The maximum absolute atomic E-state index is 3.60. The van der Waals surface area contributed by atoms with E-state index in [1.54, 1.807) is 0 Å². The predicted molar refractivity (Wildman–Crippen MR) is 73.1 cm³/mol. The molecule has 2 heteroatoms. The Balaban J connectivity index is 1.71. The summed E-state index contributed by atoms with van der Waals surface area (Å²) in [4.78, 5) is 2.59. The molecular formula is C15H24N2. The minimum Gasteiger partial charge on any atom is -0.309 e. The van der Waals surface area contributed by atoms with Crippen molar-refractivity contribution in [1.29, 1.82) is 0 Å². The van der Waals surface area contributed by atoms with Crippen molar-refractivity contribution in [2.75, 3.05) is 19.6 Å². The van der Waals surface area contributed by atoms with Gasteiger partial charge in [0.15, 0.2) is 0 Å². The Morgan fingerprint density at radius 3 is 2.59 bits per heavy atom. The smallest absolute Gasteiger partial charge is 0.0292 e. The molecule has 1 N–H and O–H groups in total. The molecule has 1 saturated carbocycles. The van der Waals surface area contributed by atoms with Crippen LogP contribution in [0.15, 0.2) is 30.3 Å². The number of likely N-dealkylation sites (N-methyl/N-ethyl adjacent to an activating group) is 1. The summed E-state index contributed by atoms with van der Waals surface area (Å²) in [7, 11) is 0. The van der Waals surface area contributed by atoms with Gasteiger partial charge in [0.2, 0.25) is 0 Å². The Labute approximate surface area is 105 Å². The Hall–Kier alpha value is -0.860. The van der Waals surface area contributed by atoms with E-state index in [-0.39, 0.29) is 0 Å². The summed E-state index contributed by atoms with van der Waals surface area (Å²) in [5.74, 6) is 0. The molecule has 0 spiro atoms. The molecule has 2 nitrogen and oxygen atoms in total. The molecule has 0 amide bonds. The van der Waals surface area contributed by atoms with E-state index in [0.29, 0.717) is 6.04 Å². The van der Waals surface area contributed by atoms with E-state index >= 15 is 0 Å². The van der Waals surface area contributed by atoms with Crippen LogP contribution in [0, 0.1) is 0 Å². The standard InChI is InChI=1S/C15H24N2/c1-3-17(15-9-10-15)12-11-16-13(2)14-7-5-4-6-8-14/h4-8,13,15-16H,3,9-12H2,1-2H3. The molecule has 2 rings (SSSR count). The van der Waals surface area contributed by atoms with Crippen molar-refractivity contribution >= 4 is 0 Å². The lowest BCUT2D eigenvalue weighted by Crippen LogP contribution is -2.34. The van der Waals surface area contributed by atoms with E-state index < -0.39 is 0 Å². The van der Waals surface area contributed by atoms with Crippen molar-refractivity contribution in [3.63, 3.8) is 0 Å². The fourth-order valence-corrected chi connectivity index (χ4v) is 2.32. The number of nitrogens with zero attached hydrogens (tertiary/aromatic N) is 1. The van der Waals surface area contributed by atoms with Gasteiger partial charge in [-0.2, -0.15) is 0 Å². The number of hydrogen-bond acceptors (Lipinski definition) is 2. The van der Waals surface area contributed by atoms with Gasteiger partial charge in [-0.25, -0.2) is 0 Å². The van der Waals surface area contributed by atoms with E-state index in [9.17, 15) is 0 Å². The topological polar surface area (TPSA) is 15.3 Å². The number of rotatable bonds is 7. The first-order chi connectivity index (χ1) is 8.31. The number of hydrogen-bond donors (Lipinski definition) is 1. The van der Waals surface area contributed by atoms with Gasteiger partial charge < -0.3 is 5.32 Å². The maximum Gasteiger partial charge on any atom is 0.0292 e. The van der Waals surface area contributed by atoms with Gasteiger partial charge in [-0.3, -0.25) is 4.90 Å². The van der Waals surface area contributed by atoms with Crippen LogP contribution in [0.25, 0.3) is 0 Å². The van der Waals surface area contributed by atoms with Gasteiger partial charge in [0.1, 0.15) is 0 Å². The summed E-state index contributed by atoms with van der Waals surface area (Å²) >= 11 is 0. The van der Waals surface area contributed by atoms with E-state index in [1.165, 1.54) is 31.5 Å². The fraction of sp³-hybridized carbons (Fsp3) is 0.600. The van der Waals surface area contributed by atoms with Gasteiger partial charge in [0.25, 0.3) is 0 Å². The Kier molecular flexibility index (Phi) is 4.57. The summed E-state index contributed by atoms with van der Waals surface area (Å²) < 4.78 is 0. The van der Waals surface area contributed by atoms with Crippen molar-refractivity contribution in [3.8, 4) is 0 Å². The molecule has 0 radical (unpaired) electrons. The zero-order valence-corrected chi connectivity index (χ0v) is 11.0. The zero-order chi connectivity index (χ0) is 12.1. The molecule has 1 fully saturated rings. The Morgan fingerprint density at radius 2 is 2.00 bits per heavy atom. The second kappa shape index (κ2) is 6.18. The van der Waals surface area contributed by atoms with Crippen molar-refractivity contribution in [1.82, 2.24) is 10.2 Å². The highest BCUT2D eigenvalue weighted by molar-refractivity contribution is 5.17.